The summed E-state index contributed by atoms with van der Waals surface area (Å²) in [4.78, 5) is 22.2. The number of carbonyl (C=O) groups is 1. The fraction of sp³-hybridized carbons (Fsp3) is 0.235. The van der Waals surface area contributed by atoms with Gasteiger partial charge in [0.1, 0.15) is 0 Å². The maximum absolute atomic E-state index is 11.9. The van der Waals surface area contributed by atoms with E-state index in [1.807, 2.05) is 18.2 Å². The molecule has 0 atom stereocenters. The molecule has 0 radical (unpaired) electrons. The second kappa shape index (κ2) is 8.33. The fourth-order valence-corrected chi connectivity index (χ4v) is 2.95. The molecule has 0 aliphatic carbocycles. The summed E-state index contributed by atoms with van der Waals surface area (Å²) in [6, 6.07) is 14.5. The molecule has 2 rings (SSSR count). The van der Waals surface area contributed by atoms with E-state index < -0.39 is 4.92 Å². The topological polar surface area (TPSA) is 72.2 Å². The van der Waals surface area contributed by atoms with Gasteiger partial charge in [-0.15, -0.1) is 0 Å². The van der Waals surface area contributed by atoms with E-state index in [9.17, 15) is 14.9 Å². The number of non-ortho nitro benzene ring substituents is 1. The summed E-state index contributed by atoms with van der Waals surface area (Å²) in [5.41, 5.74) is 2.57. The highest BCUT2D eigenvalue weighted by Crippen LogP contribution is 2.21. The quantitative estimate of drug-likeness (QED) is 0.470. The van der Waals surface area contributed by atoms with Crippen LogP contribution in [0.3, 0.4) is 0 Å². The number of carbonyl (C=O) groups excluding carboxylic acids is 1. The second-order valence-electron chi connectivity index (χ2n) is 5.09. The number of hydrogen-bond acceptors (Lipinski definition) is 4. The van der Waals surface area contributed by atoms with Gasteiger partial charge in [-0.1, -0.05) is 30.3 Å². The minimum Gasteiger partial charge on any atom is -0.326 e. The van der Waals surface area contributed by atoms with Gasteiger partial charge in [-0.05, 0) is 24.1 Å². The largest absolute Gasteiger partial charge is 0.326 e. The van der Waals surface area contributed by atoms with E-state index in [0.717, 1.165) is 11.5 Å². The molecule has 0 fully saturated rings. The Kier molecular flexibility index (Phi) is 6.17. The summed E-state index contributed by atoms with van der Waals surface area (Å²) >= 11 is 1.71. The maximum Gasteiger partial charge on any atom is 0.269 e. The average molecular weight is 330 g/mol. The minimum absolute atomic E-state index is 0.0268. The van der Waals surface area contributed by atoms with Gasteiger partial charge >= 0.3 is 0 Å². The lowest BCUT2D eigenvalue weighted by atomic mass is 10.2. The third kappa shape index (κ3) is 5.41. The third-order valence-corrected chi connectivity index (χ3v) is 4.31. The predicted octanol–water partition coefficient (Wildman–Crippen LogP) is 4.17. The van der Waals surface area contributed by atoms with Crippen LogP contribution in [0.25, 0.3) is 0 Å². The molecule has 1 amide bonds. The molecule has 0 saturated heterocycles. The van der Waals surface area contributed by atoms with Crippen molar-refractivity contribution in [3.63, 3.8) is 0 Å². The van der Waals surface area contributed by atoms with Crippen molar-refractivity contribution in [3.05, 3.63) is 69.8 Å². The highest BCUT2D eigenvalue weighted by molar-refractivity contribution is 7.98. The van der Waals surface area contributed by atoms with Gasteiger partial charge in [0.25, 0.3) is 5.69 Å². The highest BCUT2D eigenvalue weighted by Gasteiger charge is 2.10. The second-order valence-corrected chi connectivity index (χ2v) is 6.20. The van der Waals surface area contributed by atoms with E-state index in [0.29, 0.717) is 17.7 Å². The van der Waals surface area contributed by atoms with Gasteiger partial charge in [0.05, 0.1) is 4.92 Å². The Balaban J connectivity index is 1.77. The first-order chi connectivity index (χ1) is 11.1. The van der Waals surface area contributed by atoms with E-state index in [1.54, 1.807) is 24.8 Å². The van der Waals surface area contributed by atoms with Crippen LogP contribution in [0, 0.1) is 17.0 Å². The van der Waals surface area contributed by atoms with Crippen molar-refractivity contribution in [2.45, 2.75) is 19.1 Å². The molecule has 0 saturated carbocycles. The fourth-order valence-electron chi connectivity index (χ4n) is 2.04. The summed E-state index contributed by atoms with van der Waals surface area (Å²) in [5, 5.41) is 13.5. The van der Waals surface area contributed by atoms with Crippen LogP contribution in [0.5, 0.6) is 0 Å². The van der Waals surface area contributed by atoms with Gasteiger partial charge < -0.3 is 5.32 Å². The third-order valence-electron chi connectivity index (χ3n) is 3.28. The number of anilines is 1. The van der Waals surface area contributed by atoms with E-state index in [4.69, 9.17) is 0 Å². The molecular weight excluding hydrogens is 312 g/mol. The Bertz CT molecular complexity index is 689. The summed E-state index contributed by atoms with van der Waals surface area (Å²) < 4.78 is 0. The Morgan fingerprint density at radius 3 is 2.61 bits per heavy atom. The van der Waals surface area contributed by atoms with E-state index in [-0.39, 0.29) is 11.6 Å². The number of nitrogens with one attached hydrogen (secondary N) is 1. The predicted molar refractivity (Wildman–Crippen MR) is 93.7 cm³/mol. The van der Waals surface area contributed by atoms with Crippen LogP contribution in [-0.4, -0.2) is 16.6 Å². The molecule has 23 heavy (non-hydrogen) atoms. The maximum atomic E-state index is 11.9. The van der Waals surface area contributed by atoms with Crippen LogP contribution in [0.4, 0.5) is 11.4 Å². The molecule has 0 aliphatic rings. The number of rotatable bonds is 7. The zero-order valence-corrected chi connectivity index (χ0v) is 13.6. The minimum atomic E-state index is -0.446. The Hall–Kier alpha value is -2.34. The molecule has 0 unspecified atom stereocenters. The Labute approximate surface area is 139 Å². The van der Waals surface area contributed by atoms with Crippen LogP contribution in [0.2, 0.25) is 0 Å². The highest BCUT2D eigenvalue weighted by atomic mass is 32.2. The number of aryl methyl sites for hydroxylation is 1. The van der Waals surface area contributed by atoms with Gasteiger partial charge in [-0.25, -0.2) is 0 Å². The first-order valence-corrected chi connectivity index (χ1v) is 8.38. The number of nitro groups is 1. The number of hydrogen-bond donors (Lipinski definition) is 1. The molecule has 2 aromatic carbocycles. The molecule has 0 aromatic heterocycles. The molecule has 120 valence electrons. The number of thioether (sulfide) groups is 1. The summed E-state index contributed by atoms with van der Waals surface area (Å²) in [6.45, 7) is 1.74. The van der Waals surface area contributed by atoms with E-state index in [1.165, 1.54) is 17.7 Å². The smallest absolute Gasteiger partial charge is 0.269 e. The zero-order valence-electron chi connectivity index (χ0n) is 12.8. The molecule has 0 aliphatic heterocycles. The summed E-state index contributed by atoms with van der Waals surface area (Å²) in [6.07, 6.45) is 0.411. The molecule has 0 bridgehead atoms. The molecule has 1 N–H and O–H groups in total. The number of amides is 1. The first-order valence-electron chi connectivity index (χ1n) is 7.23. The van der Waals surface area contributed by atoms with Crippen molar-refractivity contribution >= 4 is 29.0 Å². The number of benzene rings is 2. The van der Waals surface area contributed by atoms with Crippen molar-refractivity contribution in [1.82, 2.24) is 0 Å². The van der Waals surface area contributed by atoms with E-state index >= 15 is 0 Å². The molecular formula is C17H18N2O3S. The summed E-state index contributed by atoms with van der Waals surface area (Å²) in [5.74, 6) is 1.53. The molecule has 2 aromatic rings. The van der Waals surface area contributed by atoms with Crippen molar-refractivity contribution in [1.29, 1.82) is 0 Å². The molecule has 0 heterocycles. The van der Waals surface area contributed by atoms with Crippen LogP contribution >= 0.6 is 11.8 Å². The van der Waals surface area contributed by atoms with Crippen LogP contribution < -0.4 is 5.32 Å². The lowest BCUT2D eigenvalue weighted by molar-refractivity contribution is -0.384. The van der Waals surface area contributed by atoms with Crippen LogP contribution in [-0.2, 0) is 10.5 Å². The van der Waals surface area contributed by atoms with Gasteiger partial charge in [0.2, 0.25) is 5.91 Å². The van der Waals surface area contributed by atoms with E-state index in [2.05, 4.69) is 17.4 Å². The first kappa shape index (κ1) is 17.0. The molecule has 6 heteroatoms. The van der Waals surface area contributed by atoms with Gasteiger partial charge in [-0.3, -0.25) is 14.9 Å². The number of nitrogens with zero attached hydrogens (tertiary/aromatic N) is 1. The number of nitro benzene ring substituents is 1. The van der Waals surface area contributed by atoms with Crippen molar-refractivity contribution < 1.29 is 9.72 Å². The van der Waals surface area contributed by atoms with Crippen molar-refractivity contribution in [2.75, 3.05) is 11.1 Å². The Morgan fingerprint density at radius 1 is 1.22 bits per heavy atom. The van der Waals surface area contributed by atoms with Crippen molar-refractivity contribution in [3.8, 4) is 0 Å². The lowest BCUT2D eigenvalue weighted by Crippen LogP contribution is -2.13. The molecule has 5 nitrogen and oxygen atoms in total. The molecule has 0 spiro atoms. The standard InChI is InChI=1S/C17H18N2O3S/c1-13-11-15(19(21)22)7-8-16(13)18-17(20)9-10-23-12-14-5-3-2-4-6-14/h2-8,11H,9-10,12H2,1H3,(H,18,20). The SMILES string of the molecule is Cc1cc([N+](=O)[O-])ccc1NC(=O)CCSCc1ccccc1. The normalized spacial score (nSPS) is 10.3. The van der Waals surface area contributed by atoms with Crippen LogP contribution in [0.1, 0.15) is 17.5 Å². The Morgan fingerprint density at radius 2 is 1.96 bits per heavy atom. The summed E-state index contributed by atoms with van der Waals surface area (Å²) in [7, 11) is 0. The monoisotopic (exact) mass is 330 g/mol. The van der Waals surface area contributed by atoms with Crippen molar-refractivity contribution in [2.24, 2.45) is 0 Å². The van der Waals surface area contributed by atoms with Gasteiger partial charge in [-0.2, -0.15) is 11.8 Å². The average Bonchev–Trinajstić information content (AvgIpc) is 2.54. The lowest BCUT2D eigenvalue weighted by Gasteiger charge is -2.08. The van der Waals surface area contributed by atoms with Gasteiger partial charge in [0, 0.05) is 35.7 Å². The zero-order chi connectivity index (χ0) is 16.7. The van der Waals surface area contributed by atoms with Crippen LogP contribution in [0.15, 0.2) is 48.5 Å². The van der Waals surface area contributed by atoms with Gasteiger partial charge in [0.15, 0.2) is 0 Å².